The van der Waals surface area contributed by atoms with Crippen LogP contribution in [0.15, 0.2) is 36.9 Å². The number of carbonyl (C=O) groups is 1. The molecule has 0 N–H and O–H groups in total. The Bertz CT molecular complexity index is 555. The molecule has 1 aromatic carbocycles. The Hall–Kier alpha value is -2.43. The van der Waals surface area contributed by atoms with Gasteiger partial charge in [-0.25, -0.2) is 9.97 Å². The number of hydrogen-bond acceptors (Lipinski definition) is 5. The lowest BCUT2D eigenvalue weighted by Gasteiger charge is -2.11. The lowest BCUT2D eigenvalue weighted by atomic mass is 10.0. The van der Waals surface area contributed by atoms with Gasteiger partial charge in [0.25, 0.3) is 0 Å². The fourth-order valence-electron chi connectivity index (χ4n) is 1.64. The molecule has 0 radical (unpaired) electrons. The molecule has 1 heterocycles. The van der Waals surface area contributed by atoms with E-state index in [9.17, 15) is 4.79 Å². The average Bonchev–Trinajstić information content (AvgIpc) is 2.46. The van der Waals surface area contributed by atoms with E-state index in [0.29, 0.717) is 22.6 Å². The summed E-state index contributed by atoms with van der Waals surface area (Å²) in [5.74, 6) is 0.723. The van der Waals surface area contributed by atoms with Gasteiger partial charge < -0.3 is 9.47 Å². The van der Waals surface area contributed by atoms with Crippen LogP contribution in [0.4, 0.5) is 0 Å². The molecule has 2 aromatic rings. The van der Waals surface area contributed by atoms with Crippen molar-refractivity contribution in [3.8, 4) is 11.5 Å². The Balaban J connectivity index is 2.48. The molecule has 0 unspecified atom stereocenters. The number of ketones is 1. The van der Waals surface area contributed by atoms with Crippen molar-refractivity contribution in [1.82, 2.24) is 9.97 Å². The number of aromatic nitrogens is 2. The molecular weight excluding hydrogens is 232 g/mol. The van der Waals surface area contributed by atoms with Crippen LogP contribution < -0.4 is 9.47 Å². The Morgan fingerprint density at radius 1 is 1.11 bits per heavy atom. The van der Waals surface area contributed by atoms with E-state index in [1.165, 1.54) is 32.9 Å². The highest BCUT2D eigenvalue weighted by Crippen LogP contribution is 2.31. The molecule has 0 spiro atoms. The largest absolute Gasteiger partial charge is 0.493 e. The second-order valence-corrected chi connectivity index (χ2v) is 3.50. The maximum Gasteiger partial charge on any atom is 0.200 e. The summed E-state index contributed by atoms with van der Waals surface area (Å²) in [6, 6.07) is 5.15. The smallest absolute Gasteiger partial charge is 0.200 e. The van der Waals surface area contributed by atoms with Crippen LogP contribution in [0.25, 0.3) is 0 Å². The summed E-state index contributed by atoms with van der Waals surface area (Å²) in [6.45, 7) is 0. The van der Waals surface area contributed by atoms with E-state index in [0.717, 1.165) is 0 Å². The topological polar surface area (TPSA) is 61.3 Å². The van der Waals surface area contributed by atoms with Crippen LogP contribution in [-0.2, 0) is 0 Å². The zero-order chi connectivity index (χ0) is 13.0. The summed E-state index contributed by atoms with van der Waals surface area (Å²) in [6.07, 6.45) is 4.31. The molecule has 0 saturated heterocycles. The van der Waals surface area contributed by atoms with Gasteiger partial charge in [-0.3, -0.25) is 4.79 Å². The third-order valence-corrected chi connectivity index (χ3v) is 2.47. The zero-order valence-electron chi connectivity index (χ0n) is 10.1. The molecule has 0 amide bonds. The predicted octanol–water partition coefficient (Wildman–Crippen LogP) is 1.72. The van der Waals surface area contributed by atoms with Crippen molar-refractivity contribution >= 4 is 5.78 Å². The van der Waals surface area contributed by atoms with Gasteiger partial charge in [0.15, 0.2) is 17.3 Å². The van der Waals surface area contributed by atoms with Gasteiger partial charge in [0.05, 0.1) is 25.3 Å². The van der Waals surface area contributed by atoms with Crippen LogP contribution >= 0.6 is 0 Å². The molecule has 0 aliphatic carbocycles. The van der Waals surface area contributed by atoms with Crippen molar-refractivity contribution in [1.29, 1.82) is 0 Å². The first-order valence-electron chi connectivity index (χ1n) is 5.28. The molecule has 5 heteroatoms. The van der Waals surface area contributed by atoms with E-state index in [-0.39, 0.29) is 5.78 Å². The standard InChI is InChI=1S/C13H12N2O3/c1-17-11-5-3-4-10(13(11)18-2)12(16)9-6-14-8-15-7-9/h3-8H,1-2H3. The Morgan fingerprint density at radius 3 is 2.44 bits per heavy atom. The average molecular weight is 244 g/mol. The van der Waals surface area contributed by atoms with E-state index in [1.807, 2.05) is 0 Å². The number of para-hydroxylation sites is 1. The van der Waals surface area contributed by atoms with Crippen molar-refractivity contribution in [2.75, 3.05) is 14.2 Å². The van der Waals surface area contributed by atoms with Crippen LogP contribution in [0.2, 0.25) is 0 Å². The fourth-order valence-corrected chi connectivity index (χ4v) is 1.64. The van der Waals surface area contributed by atoms with Crippen LogP contribution in [0, 0.1) is 0 Å². The molecule has 0 atom stereocenters. The molecule has 5 nitrogen and oxygen atoms in total. The number of methoxy groups -OCH3 is 2. The van der Waals surface area contributed by atoms with E-state index in [1.54, 1.807) is 18.2 Å². The Morgan fingerprint density at radius 2 is 1.83 bits per heavy atom. The number of ether oxygens (including phenoxy) is 2. The van der Waals surface area contributed by atoms with Gasteiger partial charge in [-0.05, 0) is 12.1 Å². The number of benzene rings is 1. The first-order valence-corrected chi connectivity index (χ1v) is 5.28. The number of hydrogen-bond donors (Lipinski definition) is 0. The summed E-state index contributed by atoms with van der Waals surface area (Å²) in [7, 11) is 3.02. The van der Waals surface area contributed by atoms with Crippen molar-refractivity contribution in [2.24, 2.45) is 0 Å². The van der Waals surface area contributed by atoms with Crippen molar-refractivity contribution in [2.45, 2.75) is 0 Å². The van der Waals surface area contributed by atoms with Gasteiger partial charge in [-0.1, -0.05) is 6.07 Å². The van der Waals surface area contributed by atoms with Gasteiger partial charge in [0.1, 0.15) is 6.33 Å². The monoisotopic (exact) mass is 244 g/mol. The SMILES string of the molecule is COc1cccc(C(=O)c2cncnc2)c1OC. The molecule has 92 valence electrons. The highest BCUT2D eigenvalue weighted by Gasteiger charge is 2.18. The lowest BCUT2D eigenvalue weighted by Crippen LogP contribution is -2.05. The maximum absolute atomic E-state index is 12.3. The van der Waals surface area contributed by atoms with Gasteiger partial charge >= 0.3 is 0 Å². The fraction of sp³-hybridized carbons (Fsp3) is 0.154. The predicted molar refractivity (Wildman–Crippen MR) is 65.0 cm³/mol. The van der Waals surface area contributed by atoms with E-state index < -0.39 is 0 Å². The van der Waals surface area contributed by atoms with Gasteiger partial charge in [-0.15, -0.1) is 0 Å². The van der Waals surface area contributed by atoms with Crippen molar-refractivity contribution in [3.63, 3.8) is 0 Å². The minimum absolute atomic E-state index is 0.202. The molecule has 18 heavy (non-hydrogen) atoms. The second kappa shape index (κ2) is 5.27. The number of rotatable bonds is 4. The lowest BCUT2D eigenvalue weighted by molar-refractivity contribution is 0.103. The quantitative estimate of drug-likeness (QED) is 0.766. The highest BCUT2D eigenvalue weighted by molar-refractivity contribution is 6.10. The van der Waals surface area contributed by atoms with Crippen LogP contribution in [0.1, 0.15) is 15.9 Å². The first kappa shape index (κ1) is 12.0. The molecule has 0 aliphatic rings. The van der Waals surface area contributed by atoms with Gasteiger partial charge in [0, 0.05) is 12.4 Å². The van der Waals surface area contributed by atoms with E-state index in [4.69, 9.17) is 9.47 Å². The minimum Gasteiger partial charge on any atom is -0.493 e. The Labute approximate surface area is 104 Å². The zero-order valence-corrected chi connectivity index (χ0v) is 10.1. The van der Waals surface area contributed by atoms with Crippen molar-refractivity contribution < 1.29 is 14.3 Å². The van der Waals surface area contributed by atoms with Gasteiger partial charge in [0.2, 0.25) is 0 Å². The third kappa shape index (κ3) is 2.15. The van der Waals surface area contributed by atoms with E-state index in [2.05, 4.69) is 9.97 Å². The van der Waals surface area contributed by atoms with Crippen LogP contribution in [-0.4, -0.2) is 30.0 Å². The number of nitrogens with zero attached hydrogens (tertiary/aromatic N) is 2. The molecular formula is C13H12N2O3. The summed E-state index contributed by atoms with van der Waals surface area (Å²) < 4.78 is 10.4. The third-order valence-electron chi connectivity index (χ3n) is 2.47. The van der Waals surface area contributed by atoms with Crippen LogP contribution in [0.5, 0.6) is 11.5 Å². The Kier molecular flexibility index (Phi) is 3.52. The highest BCUT2D eigenvalue weighted by atomic mass is 16.5. The molecule has 0 fully saturated rings. The van der Waals surface area contributed by atoms with Crippen molar-refractivity contribution in [3.05, 3.63) is 48.0 Å². The van der Waals surface area contributed by atoms with E-state index >= 15 is 0 Å². The number of carbonyl (C=O) groups excluding carboxylic acids is 1. The van der Waals surface area contributed by atoms with Crippen LogP contribution in [0.3, 0.4) is 0 Å². The molecule has 0 aliphatic heterocycles. The summed E-state index contributed by atoms with van der Waals surface area (Å²) >= 11 is 0. The van der Waals surface area contributed by atoms with Gasteiger partial charge in [-0.2, -0.15) is 0 Å². The maximum atomic E-state index is 12.3. The second-order valence-electron chi connectivity index (χ2n) is 3.50. The molecule has 1 aromatic heterocycles. The summed E-state index contributed by atoms with van der Waals surface area (Å²) in [5.41, 5.74) is 0.829. The molecule has 2 rings (SSSR count). The molecule has 0 saturated carbocycles. The summed E-state index contributed by atoms with van der Waals surface area (Å²) in [4.78, 5) is 19.9. The normalized spacial score (nSPS) is 9.89. The molecule has 0 bridgehead atoms. The first-order chi connectivity index (χ1) is 8.77. The minimum atomic E-state index is -0.202. The summed E-state index contributed by atoms with van der Waals surface area (Å²) in [5, 5.41) is 0.